The highest BCUT2D eigenvalue weighted by Gasteiger charge is 2.35. The van der Waals surface area contributed by atoms with E-state index in [0.717, 1.165) is 6.42 Å². The fourth-order valence-corrected chi connectivity index (χ4v) is 1.31. The minimum Gasteiger partial charge on any atom is -0.829 e. The first kappa shape index (κ1) is 10.5. The summed E-state index contributed by atoms with van der Waals surface area (Å²) in [5, 5.41) is 11.2. The van der Waals surface area contributed by atoms with Crippen LogP contribution in [0.2, 0.25) is 0 Å². The molecule has 0 aromatic rings. The highest BCUT2D eigenvalue weighted by atomic mass is 16.7. The lowest BCUT2D eigenvalue weighted by Gasteiger charge is -2.33. The number of ether oxygens (including phenoxy) is 2. The second-order valence-electron chi connectivity index (χ2n) is 3.71. The zero-order valence-electron chi connectivity index (χ0n) is 8.20. The molecule has 0 spiro atoms. The minimum absolute atomic E-state index is 0.0835. The van der Waals surface area contributed by atoms with Gasteiger partial charge in [-0.15, -0.1) is 0 Å². The third-order valence-corrected chi connectivity index (χ3v) is 1.90. The van der Waals surface area contributed by atoms with E-state index in [1.54, 1.807) is 0 Å². The summed E-state index contributed by atoms with van der Waals surface area (Å²) < 4.78 is 9.98. The fraction of sp³-hybridized carbons (Fsp3) is 0.889. The van der Waals surface area contributed by atoms with Gasteiger partial charge in [0.15, 0.2) is 6.10 Å². The van der Waals surface area contributed by atoms with Crippen molar-refractivity contribution in [3.05, 3.63) is 0 Å². The molecule has 0 radical (unpaired) electrons. The Balaban J connectivity index is 2.49. The maximum Gasteiger partial charge on any atom is 0.335 e. The van der Waals surface area contributed by atoms with Gasteiger partial charge in [0.05, 0.1) is 0 Å². The molecule has 1 saturated heterocycles. The van der Waals surface area contributed by atoms with Crippen molar-refractivity contribution < 1.29 is 19.4 Å². The van der Waals surface area contributed by atoms with Crippen molar-refractivity contribution in [1.82, 2.24) is 0 Å². The van der Waals surface area contributed by atoms with Crippen LogP contribution in [0, 0.1) is 0 Å². The number of carbonyl (C=O) groups is 1. The molecule has 76 valence electrons. The van der Waals surface area contributed by atoms with Crippen LogP contribution in [0.3, 0.4) is 0 Å². The van der Waals surface area contributed by atoms with Crippen molar-refractivity contribution in [2.75, 3.05) is 0 Å². The van der Waals surface area contributed by atoms with Gasteiger partial charge in [-0.2, -0.15) is 0 Å². The number of esters is 1. The summed E-state index contributed by atoms with van der Waals surface area (Å²) >= 11 is 0. The lowest BCUT2D eigenvalue weighted by atomic mass is 10.1. The Labute approximate surface area is 77.8 Å². The maximum atomic E-state index is 11.2. The summed E-state index contributed by atoms with van der Waals surface area (Å²) in [6.07, 6.45) is 0.517. The number of rotatable bonds is 3. The van der Waals surface area contributed by atoms with E-state index in [1.807, 2.05) is 6.92 Å². The Kier molecular flexibility index (Phi) is 2.93. The van der Waals surface area contributed by atoms with Crippen LogP contribution in [-0.4, -0.2) is 24.0 Å². The third-order valence-electron chi connectivity index (χ3n) is 1.90. The van der Waals surface area contributed by atoms with Gasteiger partial charge in [-0.25, -0.2) is 4.79 Å². The number of hydrogen-bond acceptors (Lipinski definition) is 4. The maximum absolute atomic E-state index is 11.2. The van der Waals surface area contributed by atoms with Crippen LogP contribution in [-0.2, 0) is 14.3 Å². The quantitative estimate of drug-likeness (QED) is 0.467. The molecule has 0 bridgehead atoms. The lowest BCUT2D eigenvalue weighted by molar-refractivity contribution is -0.546. The zero-order valence-corrected chi connectivity index (χ0v) is 8.20. The van der Waals surface area contributed by atoms with Crippen molar-refractivity contribution >= 4 is 5.97 Å². The van der Waals surface area contributed by atoms with Crippen LogP contribution in [0.4, 0.5) is 0 Å². The minimum atomic E-state index is -1.52. The van der Waals surface area contributed by atoms with Gasteiger partial charge in [0.25, 0.3) is 0 Å². The normalized spacial score (nSPS) is 29.1. The molecule has 0 N–H and O–H groups in total. The molecular weight excluding hydrogens is 172 g/mol. The number of cyclic esters (lactones) is 1. The molecule has 0 aromatic heterocycles. The van der Waals surface area contributed by atoms with E-state index in [2.05, 4.69) is 0 Å². The summed E-state index contributed by atoms with van der Waals surface area (Å²) in [4.78, 5) is 11.1. The van der Waals surface area contributed by atoms with Crippen molar-refractivity contribution in [3.63, 3.8) is 0 Å². The van der Waals surface area contributed by atoms with Gasteiger partial charge >= 0.3 is 5.97 Å². The molecule has 2 atom stereocenters. The van der Waals surface area contributed by atoms with E-state index in [4.69, 9.17) is 9.47 Å². The summed E-state index contributed by atoms with van der Waals surface area (Å²) in [6.45, 7) is 4.71. The molecule has 1 rings (SSSR count). The molecule has 0 aromatic carbocycles. The molecule has 0 amide bonds. The largest absolute Gasteiger partial charge is 0.829 e. The van der Waals surface area contributed by atoms with Gasteiger partial charge in [-0.1, -0.05) is 20.8 Å². The Bertz CT molecular complexity index is 194. The topological polar surface area (TPSA) is 58.6 Å². The lowest BCUT2D eigenvalue weighted by Crippen LogP contribution is -2.44. The Morgan fingerprint density at radius 2 is 2.31 bits per heavy atom. The summed E-state index contributed by atoms with van der Waals surface area (Å²) in [5.41, 5.74) is 0. The molecule has 1 heterocycles. The molecule has 1 aliphatic rings. The van der Waals surface area contributed by atoms with Crippen LogP contribution in [0.25, 0.3) is 0 Å². The average Bonchev–Trinajstić information content (AvgIpc) is 2.29. The Hall–Kier alpha value is -0.610. The molecule has 0 saturated carbocycles. The van der Waals surface area contributed by atoms with E-state index < -0.39 is 17.9 Å². The number of hydrogen-bond donors (Lipinski definition) is 0. The van der Waals surface area contributed by atoms with Gasteiger partial charge in [0.2, 0.25) is 0 Å². The van der Waals surface area contributed by atoms with Gasteiger partial charge in [0, 0.05) is 6.42 Å². The first-order valence-corrected chi connectivity index (χ1v) is 4.51. The highest BCUT2D eigenvalue weighted by molar-refractivity contribution is 5.76. The monoisotopic (exact) mass is 187 g/mol. The molecule has 4 heteroatoms. The Morgan fingerprint density at radius 3 is 2.69 bits per heavy atom. The molecule has 0 aliphatic carbocycles. The van der Waals surface area contributed by atoms with Gasteiger partial charge in [-0.05, 0) is 12.2 Å². The van der Waals surface area contributed by atoms with Crippen LogP contribution in [0.1, 0.15) is 33.6 Å². The first-order chi connectivity index (χ1) is 5.92. The van der Waals surface area contributed by atoms with Gasteiger partial charge < -0.3 is 14.6 Å². The van der Waals surface area contributed by atoms with Crippen LogP contribution < -0.4 is 5.11 Å². The molecule has 13 heavy (non-hydrogen) atoms. The molecule has 1 fully saturated rings. The highest BCUT2D eigenvalue weighted by Crippen LogP contribution is 2.22. The van der Waals surface area contributed by atoms with Crippen LogP contribution in [0.15, 0.2) is 0 Å². The van der Waals surface area contributed by atoms with Crippen molar-refractivity contribution in [1.29, 1.82) is 0 Å². The molecule has 1 aliphatic heterocycles. The molecule has 0 unspecified atom stereocenters. The van der Waals surface area contributed by atoms with Gasteiger partial charge in [-0.3, -0.25) is 0 Å². The van der Waals surface area contributed by atoms with E-state index in [0.29, 0.717) is 6.42 Å². The molecular formula is C9H15O4-. The fourth-order valence-electron chi connectivity index (χ4n) is 1.31. The zero-order chi connectivity index (χ0) is 10.1. The molecule has 4 nitrogen and oxygen atoms in total. The SMILES string of the molecule is CC[C@H]1C[C@@H](OC(C)(C)[O-])C(=O)O1. The Morgan fingerprint density at radius 1 is 1.69 bits per heavy atom. The second kappa shape index (κ2) is 3.64. The standard InChI is InChI=1S/C9H15O4/c1-4-6-5-7(8(10)12-6)13-9(2,3)11/h6-7H,4-5H2,1-3H3/q-1/t6-,7+/m0/s1. The second-order valence-corrected chi connectivity index (χ2v) is 3.71. The summed E-state index contributed by atoms with van der Waals surface area (Å²) in [6, 6.07) is 0. The van der Waals surface area contributed by atoms with E-state index in [-0.39, 0.29) is 6.10 Å². The van der Waals surface area contributed by atoms with E-state index in [1.165, 1.54) is 13.8 Å². The van der Waals surface area contributed by atoms with E-state index in [9.17, 15) is 9.90 Å². The average molecular weight is 187 g/mol. The van der Waals surface area contributed by atoms with Crippen LogP contribution in [0.5, 0.6) is 0 Å². The number of carbonyl (C=O) groups excluding carboxylic acids is 1. The van der Waals surface area contributed by atoms with E-state index >= 15 is 0 Å². The smallest absolute Gasteiger partial charge is 0.335 e. The van der Waals surface area contributed by atoms with Crippen molar-refractivity contribution in [3.8, 4) is 0 Å². The van der Waals surface area contributed by atoms with Gasteiger partial charge in [0.1, 0.15) is 6.10 Å². The van der Waals surface area contributed by atoms with Crippen LogP contribution >= 0.6 is 0 Å². The summed E-state index contributed by atoms with van der Waals surface area (Å²) in [5.74, 6) is -1.93. The first-order valence-electron chi connectivity index (χ1n) is 4.51. The third kappa shape index (κ3) is 2.97. The predicted octanol–water partition coefficient (Wildman–Crippen LogP) is 0.193. The predicted molar refractivity (Wildman–Crippen MR) is 43.7 cm³/mol. The summed E-state index contributed by atoms with van der Waals surface area (Å²) in [7, 11) is 0. The van der Waals surface area contributed by atoms with Crippen molar-refractivity contribution in [2.24, 2.45) is 0 Å². The van der Waals surface area contributed by atoms with Crippen molar-refractivity contribution in [2.45, 2.75) is 51.6 Å².